The number of alkyl halides is 6. The molecule has 0 amide bonds. The van der Waals surface area contributed by atoms with Gasteiger partial charge in [0.15, 0.2) is 0 Å². The summed E-state index contributed by atoms with van der Waals surface area (Å²) in [5, 5.41) is 17.6. The second-order valence-electron chi connectivity index (χ2n) is 11.9. The molecule has 21 heteroatoms. The fourth-order valence-corrected chi connectivity index (χ4v) is 6.55. The number of aliphatic imine (C=N–C) groups is 2. The minimum absolute atomic E-state index is 0. The number of nitriles is 1. The maximum absolute atomic E-state index is 12.4. The zero-order valence-electron chi connectivity index (χ0n) is 29.4. The van der Waals surface area contributed by atoms with Gasteiger partial charge in [-0.05, 0) is 71.8 Å². The molecule has 0 bridgehead atoms. The standard InChI is InChI=1S/C18H15BrF3N3O3.C17H10BrF3N2O2.CH5NO.ClH/c1-25-16(23)24-17(28-25)9-15(26-14-7-4-11(19)8-13(14)17)10-2-5-12(6-3-10)27-18(20,21)22;18-11-3-6-15-13(7-11)14(23-9-22)8-16(24-15)10-1-4-12(5-2-10)25-17(19,20)21;1-2-3;/h2-8,15H,9H2,1H3,(H2,23,24);1-7,16H,8H2;2-3H,1H3;1H. The molecule has 304 valence electrons. The van der Waals surface area contributed by atoms with Crippen LogP contribution in [0, 0.1) is 11.5 Å². The van der Waals surface area contributed by atoms with E-state index in [1.165, 1.54) is 60.6 Å². The summed E-state index contributed by atoms with van der Waals surface area (Å²) in [5.74, 6) is 0.735. The van der Waals surface area contributed by atoms with Gasteiger partial charge in [-0.15, -0.1) is 38.7 Å². The van der Waals surface area contributed by atoms with Crippen molar-refractivity contribution in [2.75, 3.05) is 14.1 Å². The van der Waals surface area contributed by atoms with Crippen LogP contribution in [-0.2, 0) is 10.6 Å². The lowest BCUT2D eigenvalue weighted by Gasteiger charge is -2.37. The van der Waals surface area contributed by atoms with Crippen LogP contribution in [0.2, 0.25) is 0 Å². The Labute approximate surface area is 344 Å². The van der Waals surface area contributed by atoms with E-state index in [9.17, 15) is 26.3 Å². The highest BCUT2D eigenvalue weighted by Crippen LogP contribution is 2.50. The van der Waals surface area contributed by atoms with E-state index in [2.05, 4.69) is 51.3 Å². The Bertz CT molecular complexity index is 2120. The lowest BCUT2D eigenvalue weighted by Crippen LogP contribution is -2.36. The number of rotatable bonds is 4. The fraction of sp³-hybridized carbons (Fsp3) is 0.250. The van der Waals surface area contributed by atoms with Crippen molar-refractivity contribution in [1.82, 2.24) is 10.5 Å². The van der Waals surface area contributed by atoms with Crippen molar-refractivity contribution < 1.29 is 55.3 Å². The first kappa shape index (κ1) is 44.9. The van der Waals surface area contributed by atoms with Crippen molar-refractivity contribution >= 4 is 55.9 Å². The van der Waals surface area contributed by atoms with Crippen LogP contribution >= 0.6 is 44.3 Å². The van der Waals surface area contributed by atoms with Crippen LogP contribution in [0.5, 0.6) is 23.0 Å². The highest BCUT2D eigenvalue weighted by atomic mass is 79.9. The normalized spacial score (nSPS) is 20.1. The molecular weight excluding hydrogens is 922 g/mol. The number of nitrogens with two attached hydrogens (primary N) is 1. The fourth-order valence-electron chi connectivity index (χ4n) is 5.83. The minimum atomic E-state index is -4.74. The van der Waals surface area contributed by atoms with Gasteiger partial charge in [0, 0.05) is 41.4 Å². The molecule has 0 saturated heterocycles. The second-order valence-corrected chi connectivity index (χ2v) is 13.7. The molecule has 7 rings (SSSR count). The lowest BCUT2D eigenvalue weighted by atomic mass is 9.90. The number of hydroxylamine groups is 3. The topological polar surface area (TPSA) is 156 Å². The Morgan fingerprint density at radius 2 is 1.37 bits per heavy atom. The molecule has 3 aliphatic heterocycles. The smallest absolute Gasteiger partial charge is 0.485 e. The van der Waals surface area contributed by atoms with Crippen LogP contribution < -0.4 is 30.2 Å². The summed E-state index contributed by atoms with van der Waals surface area (Å²) in [6.45, 7) is 0. The van der Waals surface area contributed by atoms with Crippen LogP contribution in [0.3, 0.4) is 0 Å². The maximum Gasteiger partial charge on any atom is 0.573 e. The van der Waals surface area contributed by atoms with Gasteiger partial charge >= 0.3 is 12.7 Å². The molecule has 3 heterocycles. The molecule has 4 N–H and O–H groups in total. The van der Waals surface area contributed by atoms with Gasteiger partial charge in [0.1, 0.15) is 35.2 Å². The Kier molecular flexibility index (Phi) is 14.7. The van der Waals surface area contributed by atoms with Gasteiger partial charge in [-0.3, -0.25) is 0 Å². The van der Waals surface area contributed by atoms with E-state index in [0.717, 1.165) is 8.95 Å². The first-order valence-electron chi connectivity index (χ1n) is 16.1. The van der Waals surface area contributed by atoms with Crippen molar-refractivity contribution in [3.63, 3.8) is 0 Å². The van der Waals surface area contributed by atoms with Crippen LogP contribution in [0.15, 0.2) is 104 Å². The Hall–Kier alpha value is -4.78. The van der Waals surface area contributed by atoms with Crippen LogP contribution in [0.4, 0.5) is 26.3 Å². The molecule has 3 unspecified atom stereocenters. The number of hydrogen-bond acceptors (Lipinski definition) is 12. The predicted molar refractivity (Wildman–Crippen MR) is 203 cm³/mol. The van der Waals surface area contributed by atoms with Gasteiger partial charge in [-0.25, -0.2) is 20.4 Å². The number of guanidine groups is 1. The van der Waals surface area contributed by atoms with E-state index < -0.39 is 30.7 Å². The molecule has 1 spiro atoms. The zero-order valence-corrected chi connectivity index (χ0v) is 33.4. The van der Waals surface area contributed by atoms with Crippen molar-refractivity contribution in [3.05, 3.63) is 116 Å². The number of fused-ring (bicyclic) bond motifs is 3. The van der Waals surface area contributed by atoms with E-state index in [-0.39, 0.29) is 29.9 Å². The molecule has 0 fully saturated rings. The molecule has 0 saturated carbocycles. The van der Waals surface area contributed by atoms with Gasteiger partial charge in [-0.2, -0.15) is 10.3 Å². The summed E-state index contributed by atoms with van der Waals surface area (Å²) >= 11 is 6.79. The molecule has 3 aliphatic rings. The van der Waals surface area contributed by atoms with Gasteiger partial charge in [-0.1, -0.05) is 56.1 Å². The van der Waals surface area contributed by atoms with Crippen LogP contribution in [0.1, 0.15) is 47.3 Å². The monoisotopic (exact) mass is 950 g/mol. The third kappa shape index (κ3) is 11.6. The molecule has 4 aromatic rings. The van der Waals surface area contributed by atoms with E-state index >= 15 is 0 Å². The highest BCUT2D eigenvalue weighted by molar-refractivity contribution is 9.10. The largest absolute Gasteiger partial charge is 0.573 e. The third-order valence-electron chi connectivity index (χ3n) is 8.06. The van der Waals surface area contributed by atoms with E-state index in [1.807, 2.05) is 18.2 Å². The number of nitrogens with zero attached hydrogens (tertiary/aromatic N) is 4. The average Bonchev–Trinajstić information content (AvgIpc) is 3.40. The molecule has 57 heavy (non-hydrogen) atoms. The van der Waals surface area contributed by atoms with Crippen molar-refractivity contribution in [2.24, 2.45) is 15.7 Å². The molecule has 12 nitrogen and oxygen atoms in total. The molecule has 3 atom stereocenters. The summed E-state index contributed by atoms with van der Waals surface area (Å²) < 4.78 is 95.2. The quantitative estimate of drug-likeness (QED) is 0.102. The summed E-state index contributed by atoms with van der Waals surface area (Å²) in [4.78, 5) is 14.3. The SMILES string of the molecule is CN1OC2(CC(c3ccc(OC(F)(F)F)cc3)Oc3ccc(Br)cc32)N=C1N.CNO.Cl.N#CN=C1CC(c2ccc(OC(F)(F)F)cc2)Oc2ccc(Br)cc21. The van der Waals surface area contributed by atoms with Crippen molar-refractivity contribution in [1.29, 1.82) is 5.26 Å². The highest BCUT2D eigenvalue weighted by Gasteiger charge is 2.49. The maximum atomic E-state index is 12.4. The Morgan fingerprint density at radius 3 is 1.86 bits per heavy atom. The minimum Gasteiger partial charge on any atom is -0.485 e. The number of ether oxygens (including phenoxy) is 4. The first-order chi connectivity index (χ1) is 26.4. The predicted octanol–water partition coefficient (Wildman–Crippen LogP) is 9.37. The van der Waals surface area contributed by atoms with E-state index in [0.29, 0.717) is 52.3 Å². The molecule has 0 aliphatic carbocycles. The second kappa shape index (κ2) is 18.7. The van der Waals surface area contributed by atoms with Crippen LogP contribution in [0.25, 0.3) is 0 Å². The number of benzene rings is 4. The molecular formula is C36H31Br2ClF6N6O6. The van der Waals surface area contributed by atoms with Crippen molar-refractivity contribution in [2.45, 2.75) is 43.5 Å². The van der Waals surface area contributed by atoms with Gasteiger partial charge in [0.25, 0.3) is 0 Å². The van der Waals surface area contributed by atoms with E-state index in [4.69, 9.17) is 30.5 Å². The first-order valence-corrected chi connectivity index (χ1v) is 17.7. The lowest BCUT2D eigenvalue weighted by molar-refractivity contribution is -0.275. The molecule has 4 aromatic carbocycles. The Balaban J connectivity index is 0.000000234. The van der Waals surface area contributed by atoms with E-state index in [1.54, 1.807) is 36.9 Å². The van der Waals surface area contributed by atoms with Gasteiger partial charge in [0.05, 0.1) is 11.3 Å². The Morgan fingerprint density at radius 1 is 0.877 bits per heavy atom. The average molecular weight is 953 g/mol. The van der Waals surface area contributed by atoms with Gasteiger partial charge < -0.3 is 29.9 Å². The van der Waals surface area contributed by atoms with Gasteiger partial charge in [0.2, 0.25) is 17.9 Å². The van der Waals surface area contributed by atoms with Crippen molar-refractivity contribution in [3.8, 4) is 29.2 Å². The number of halogens is 9. The summed E-state index contributed by atoms with van der Waals surface area (Å²) in [7, 11) is 3.08. The van der Waals surface area contributed by atoms with Crippen LogP contribution in [-0.4, -0.2) is 48.8 Å². The number of hydrogen-bond donors (Lipinski definition) is 3. The summed E-state index contributed by atoms with van der Waals surface area (Å²) in [6.07, 6.45) is -8.04. The summed E-state index contributed by atoms with van der Waals surface area (Å²) in [6, 6.07) is 21.8. The third-order valence-corrected chi connectivity index (χ3v) is 9.04. The molecule has 0 radical (unpaired) electrons. The molecule has 0 aromatic heterocycles. The summed E-state index contributed by atoms with van der Waals surface area (Å²) in [5.41, 5.74) is 9.89. The number of nitrogens with one attached hydrogen (secondary N) is 1. The zero-order chi connectivity index (χ0) is 40.8.